The van der Waals surface area contributed by atoms with Crippen LogP contribution in [0.4, 0.5) is 73.9 Å². The van der Waals surface area contributed by atoms with Gasteiger partial charge in [-0.25, -0.2) is 0 Å². The first kappa shape index (κ1) is 88.8. The molecule has 0 unspecified atom stereocenters. The van der Waals surface area contributed by atoms with Gasteiger partial charge in [0.2, 0.25) is 0 Å². The molecule has 0 radical (unpaired) electrons. The van der Waals surface area contributed by atoms with Crippen molar-refractivity contribution < 1.29 is 35.7 Å². The van der Waals surface area contributed by atoms with Crippen molar-refractivity contribution in [1.82, 2.24) is 39.9 Å². The van der Waals surface area contributed by atoms with Gasteiger partial charge in [0.15, 0.2) is 5.69 Å². The Kier molecular flexibility index (Phi) is 30.9. The van der Waals surface area contributed by atoms with Gasteiger partial charge in [0.25, 0.3) is 0 Å². The summed E-state index contributed by atoms with van der Waals surface area (Å²) in [7, 11) is 0. The number of aromatic hydroxyl groups is 7. The number of azo groups is 4. The molecular weight excluding hydrogens is 1660 g/mol. The average molecular weight is 1740 g/mol. The number of pyridine rings is 8. The van der Waals surface area contributed by atoms with Crippen LogP contribution in [-0.4, -0.2) is 75.6 Å². The molecule has 0 saturated carbocycles. The van der Waals surface area contributed by atoms with Gasteiger partial charge in [0, 0.05) is 102 Å². The summed E-state index contributed by atoms with van der Waals surface area (Å²) in [6.07, 6.45) is 14.3. The lowest BCUT2D eigenvalue weighted by molar-refractivity contribution is 0.450. The van der Waals surface area contributed by atoms with Gasteiger partial charge in [-0.2, -0.15) is 20.5 Å². The number of hydrogen-bond donors (Lipinski definition) is 7. The molecule has 0 spiro atoms. The smallest absolute Gasteiger partial charge is 0.152 e. The Hall–Kier alpha value is -17.5. The maximum absolute atomic E-state index is 10.8. The lowest BCUT2D eigenvalue weighted by atomic mass is 10.1. The van der Waals surface area contributed by atoms with Gasteiger partial charge in [-0.05, 0) is 229 Å². The third-order valence-electron chi connectivity index (χ3n) is 19.6. The van der Waals surface area contributed by atoms with E-state index in [-0.39, 0.29) is 62.3 Å². The number of rotatable bonds is 29. The number of nitrogens with zero attached hydrogens (tertiary/aromatic N) is 21. The summed E-state index contributed by atoms with van der Waals surface area (Å²) in [6.45, 7) is 5.03. The Labute approximate surface area is 752 Å². The number of hydrogen-bond acceptors (Lipinski definition) is 29. The number of phenolic OH excluding ortho intramolecular Hbond substituents is 7. The predicted octanol–water partition coefficient (Wildman–Crippen LogP) is 24.5. The highest BCUT2D eigenvalue weighted by atomic mass is 35.5. The minimum atomic E-state index is -0.424. The van der Waals surface area contributed by atoms with Crippen LogP contribution in [0, 0.1) is 4.91 Å². The highest BCUT2D eigenvalue weighted by Crippen LogP contribution is 2.42. The van der Waals surface area contributed by atoms with E-state index in [1.165, 1.54) is 24.3 Å². The van der Waals surface area contributed by atoms with Crippen LogP contribution in [0.25, 0.3) is 10.8 Å². The van der Waals surface area contributed by atoms with E-state index in [2.05, 4.69) is 106 Å². The number of phenols is 7. The highest BCUT2D eigenvalue weighted by Gasteiger charge is 2.18. The minimum absolute atomic E-state index is 0.0262. The maximum atomic E-state index is 10.8. The van der Waals surface area contributed by atoms with Crippen molar-refractivity contribution in [2.45, 2.75) is 52.4 Å². The Bertz CT molecular complexity index is 6450. The lowest BCUT2D eigenvalue weighted by Crippen LogP contribution is -2.23. The standard InChI is InChI=1S/C28H23N5O.C24H20ClN5O2.C24H20N6O3.C24H21N5O2/c34-27-16-11-21-7-1-2-10-26(21)28(27)32-31-22-12-14-25(15-13-22)33(19-23-8-3-5-17-29-23)20-24-9-4-6-18-30-24;25-21-13-22(24(32)14-23(21)31)29-28-17-7-9-20(10-8-17)30(15-18-5-1-3-11-26-18)16-19-6-2-4-12-27-19;31-23-14-24(32)22(29-33)13-21(23)28-27-17-7-9-20(10-8-17)30(15-18-5-1-3-11-25-18)16-19-6-2-4-12-26-19;30-22-11-12-23(24(31)15-22)28-27-18-7-9-21(10-8-18)29(16-19-5-1-3-13-25-19)17-20-6-2-4-14-26-20/h1-18,34H,19-20H2;1-14,31-32H,15-16H2;1-14,31-32H,15-16H2;1-15,30-31H,16-17H2. The topological polar surface area (TPSA) is 386 Å². The number of halogens is 1. The van der Waals surface area contributed by atoms with Gasteiger partial charge in [0.05, 0.1) is 126 Å². The van der Waals surface area contributed by atoms with Crippen LogP contribution in [0.3, 0.4) is 0 Å². The van der Waals surface area contributed by atoms with Crippen LogP contribution in [-0.2, 0) is 52.4 Å². The van der Waals surface area contributed by atoms with Crippen molar-refractivity contribution in [3.63, 3.8) is 0 Å². The second-order valence-corrected chi connectivity index (χ2v) is 29.3. The highest BCUT2D eigenvalue weighted by molar-refractivity contribution is 6.32. The molecule has 17 rings (SSSR count). The molecule has 130 heavy (non-hydrogen) atoms. The zero-order valence-corrected chi connectivity index (χ0v) is 70.4. The second kappa shape index (κ2) is 45.2. The Morgan fingerprint density at radius 3 is 0.838 bits per heavy atom. The summed E-state index contributed by atoms with van der Waals surface area (Å²) >= 11 is 5.88. The van der Waals surface area contributed by atoms with Crippen molar-refractivity contribution >= 4 is 96.3 Å². The molecule has 0 bridgehead atoms. The van der Waals surface area contributed by atoms with Gasteiger partial charge in [0.1, 0.15) is 63.0 Å². The van der Waals surface area contributed by atoms with Crippen LogP contribution in [0.15, 0.2) is 417 Å². The molecule has 0 atom stereocenters. The fraction of sp³-hybridized carbons (Fsp3) is 0.0800. The van der Waals surface area contributed by atoms with Crippen molar-refractivity contribution in [3.8, 4) is 40.2 Å². The van der Waals surface area contributed by atoms with Crippen LogP contribution < -0.4 is 19.6 Å². The van der Waals surface area contributed by atoms with E-state index in [1.54, 1.807) is 67.8 Å². The van der Waals surface area contributed by atoms with E-state index in [9.17, 15) is 40.7 Å². The van der Waals surface area contributed by atoms with E-state index in [0.717, 1.165) is 97.3 Å². The number of anilines is 4. The molecule has 30 heteroatoms. The third kappa shape index (κ3) is 26.1. The van der Waals surface area contributed by atoms with Crippen molar-refractivity contribution in [2.24, 2.45) is 46.1 Å². The summed E-state index contributed by atoms with van der Waals surface area (Å²) in [5.41, 5.74) is 14.8. The molecule has 0 aliphatic rings. The summed E-state index contributed by atoms with van der Waals surface area (Å²) in [5, 5.41) is 106. The Balaban J connectivity index is 0.000000140. The molecule has 9 aromatic carbocycles. The first-order valence-corrected chi connectivity index (χ1v) is 41.1. The first-order valence-electron chi connectivity index (χ1n) is 40.7. The van der Waals surface area contributed by atoms with E-state index >= 15 is 0 Å². The summed E-state index contributed by atoms with van der Waals surface area (Å²) in [4.78, 5) is 55.1. The molecule has 0 saturated heterocycles. The molecule has 17 aromatic rings. The van der Waals surface area contributed by atoms with Gasteiger partial charge in [-0.15, -0.1) is 25.4 Å². The number of nitroso groups, excluding NO2 is 1. The fourth-order valence-corrected chi connectivity index (χ4v) is 13.2. The van der Waals surface area contributed by atoms with Gasteiger partial charge in [-0.3, -0.25) is 39.9 Å². The summed E-state index contributed by atoms with van der Waals surface area (Å²) < 4.78 is 0. The molecule has 644 valence electrons. The van der Waals surface area contributed by atoms with Gasteiger partial charge in [-0.1, -0.05) is 90.5 Å². The van der Waals surface area contributed by atoms with Crippen LogP contribution >= 0.6 is 11.6 Å². The quantitative estimate of drug-likeness (QED) is 0.0169. The number of fused-ring (bicyclic) bond motifs is 1. The summed E-state index contributed by atoms with van der Waals surface area (Å²) in [6, 6.07) is 97.6. The Morgan fingerprint density at radius 1 is 0.238 bits per heavy atom. The van der Waals surface area contributed by atoms with Crippen LogP contribution in [0.5, 0.6) is 40.2 Å². The Morgan fingerprint density at radius 2 is 0.523 bits per heavy atom. The number of benzene rings is 9. The average Bonchev–Trinajstić information content (AvgIpc) is 0.818. The van der Waals surface area contributed by atoms with Crippen LogP contribution in [0.2, 0.25) is 5.02 Å². The zero-order chi connectivity index (χ0) is 90.0. The predicted molar refractivity (Wildman–Crippen MR) is 501 cm³/mol. The van der Waals surface area contributed by atoms with Gasteiger partial charge < -0.3 is 55.3 Å². The fourth-order valence-electron chi connectivity index (χ4n) is 13.1. The van der Waals surface area contributed by atoms with Crippen LogP contribution in [0.1, 0.15) is 45.6 Å². The largest absolute Gasteiger partial charge is 0.508 e. The number of aromatic nitrogens is 8. The SMILES string of the molecule is O=Nc1cc(N=Nc2ccc(N(Cc3ccccn3)Cc3ccccn3)cc2)c(O)cc1O.Oc1cc(O)c(N=Nc2ccc(N(Cc3ccccn3)Cc3ccccn3)cc2)cc1Cl.Oc1ccc(N=Nc2ccc(N(Cc3ccccn3)Cc3ccccn3)cc2)c(O)c1.Oc1ccc2ccccc2c1N=Nc1ccc(N(Cc2ccccn2)Cc2ccccn2)cc1. The lowest BCUT2D eigenvalue weighted by Gasteiger charge is -2.24. The van der Waals surface area contributed by atoms with E-state index in [4.69, 9.17) is 11.6 Å². The maximum Gasteiger partial charge on any atom is 0.152 e. The zero-order valence-electron chi connectivity index (χ0n) is 69.7. The van der Waals surface area contributed by atoms with Crippen molar-refractivity contribution in [3.05, 3.63) is 427 Å². The second-order valence-electron chi connectivity index (χ2n) is 28.9. The molecule has 0 fully saturated rings. The van der Waals surface area contributed by atoms with E-state index in [0.29, 0.717) is 80.8 Å². The molecule has 8 heterocycles. The molecule has 29 nitrogen and oxygen atoms in total. The molecule has 0 aliphatic heterocycles. The van der Waals surface area contributed by atoms with Crippen molar-refractivity contribution in [2.75, 3.05) is 19.6 Å². The molecule has 8 aromatic heterocycles. The monoisotopic (exact) mass is 1740 g/mol. The molecule has 7 N–H and O–H groups in total. The first-order chi connectivity index (χ1) is 63.6. The molecular formula is C100H84ClN21O8. The normalized spacial score (nSPS) is 11.0. The molecule has 0 amide bonds. The van der Waals surface area contributed by atoms with Crippen molar-refractivity contribution in [1.29, 1.82) is 0 Å². The van der Waals surface area contributed by atoms with Gasteiger partial charge >= 0.3 is 0 Å². The van der Waals surface area contributed by atoms with E-state index < -0.39 is 5.75 Å². The minimum Gasteiger partial charge on any atom is -0.508 e. The third-order valence-corrected chi connectivity index (χ3v) is 19.9. The van der Waals surface area contributed by atoms with E-state index in [1.807, 2.05) is 261 Å². The summed E-state index contributed by atoms with van der Waals surface area (Å²) in [5.74, 6) is -1.20. The molecule has 0 aliphatic carbocycles.